The Morgan fingerprint density at radius 2 is 1.89 bits per heavy atom. The number of allylic oxidation sites excluding steroid dienone is 4. The van der Waals surface area contributed by atoms with Crippen molar-refractivity contribution in [3.8, 4) is 0 Å². The number of ketones is 2. The number of benzene rings is 2. The van der Waals surface area contributed by atoms with Crippen molar-refractivity contribution in [1.29, 1.82) is 0 Å². The Kier molecular flexibility index (Phi) is 6.76. The number of Topliss-reactive ketones (excluding diaryl/α,β-unsaturated/α-hetero) is 1. The van der Waals surface area contributed by atoms with Gasteiger partial charge in [0.2, 0.25) is 0 Å². The third-order valence-electron chi connectivity index (χ3n) is 11.5. The normalized spacial score (nSPS) is 39.7. The minimum Gasteiger partial charge on any atom is -0.399 e. The van der Waals surface area contributed by atoms with Crippen LogP contribution in [0.3, 0.4) is 0 Å². The fourth-order valence-electron chi connectivity index (χ4n) is 9.32. The molecule has 1 amide bonds. The van der Waals surface area contributed by atoms with Crippen LogP contribution in [0.2, 0.25) is 0 Å². The first kappa shape index (κ1) is 30.0. The quantitative estimate of drug-likeness (QED) is 0.365. The zero-order chi connectivity index (χ0) is 31.9. The fourth-order valence-corrected chi connectivity index (χ4v) is 9.32. The predicted octanol–water partition coefficient (Wildman–Crippen LogP) is 4.22. The average Bonchev–Trinajstić information content (AvgIpc) is 3.52. The van der Waals surface area contributed by atoms with Crippen molar-refractivity contribution in [3.63, 3.8) is 0 Å². The van der Waals surface area contributed by atoms with Crippen LogP contribution in [0.1, 0.15) is 61.7 Å². The lowest BCUT2D eigenvalue weighted by molar-refractivity contribution is -0.231. The van der Waals surface area contributed by atoms with Gasteiger partial charge in [0.1, 0.15) is 6.61 Å². The molecule has 9 atom stereocenters. The number of nitrogens with two attached hydrogens (primary N) is 1. The van der Waals surface area contributed by atoms with Crippen LogP contribution in [0.15, 0.2) is 72.3 Å². The largest absolute Gasteiger partial charge is 0.399 e. The van der Waals surface area contributed by atoms with E-state index in [-0.39, 0.29) is 18.1 Å². The molecule has 4 aliphatic carbocycles. The second kappa shape index (κ2) is 10.2. The van der Waals surface area contributed by atoms with E-state index in [4.69, 9.17) is 15.2 Å². The maximum Gasteiger partial charge on any atom is 0.255 e. The summed E-state index contributed by atoms with van der Waals surface area (Å²) >= 11 is 0. The third kappa shape index (κ3) is 4.02. The van der Waals surface area contributed by atoms with Gasteiger partial charge in [0.15, 0.2) is 29.1 Å². The van der Waals surface area contributed by atoms with Gasteiger partial charge in [-0.1, -0.05) is 30.7 Å². The van der Waals surface area contributed by atoms with Crippen LogP contribution in [-0.2, 0) is 19.1 Å². The monoisotopic (exact) mass is 616 g/mol. The van der Waals surface area contributed by atoms with Gasteiger partial charge in [-0.15, -0.1) is 0 Å². The first-order chi connectivity index (χ1) is 21.4. The minimum absolute atomic E-state index is 0.0919. The highest BCUT2D eigenvalue weighted by Gasteiger charge is 2.79. The number of hydrogen-bond acceptors (Lipinski definition) is 8. The second-order valence-electron chi connectivity index (χ2n) is 13.6. The van der Waals surface area contributed by atoms with Gasteiger partial charge in [-0.2, -0.15) is 0 Å². The average molecular weight is 617 g/mol. The lowest BCUT2D eigenvalue weighted by atomic mass is 9.44. The Morgan fingerprint density at radius 3 is 2.62 bits per heavy atom. The van der Waals surface area contributed by atoms with Crippen molar-refractivity contribution in [3.05, 3.63) is 83.5 Å². The number of hydrogen-bond donors (Lipinski definition) is 4. The molecule has 10 heteroatoms. The minimum atomic E-state index is -2.07. The number of amides is 1. The van der Waals surface area contributed by atoms with Crippen molar-refractivity contribution in [1.82, 2.24) is 0 Å². The first-order valence-corrected chi connectivity index (χ1v) is 15.4. The lowest BCUT2D eigenvalue weighted by Crippen LogP contribution is -2.69. The van der Waals surface area contributed by atoms with Crippen molar-refractivity contribution < 1.29 is 38.5 Å². The van der Waals surface area contributed by atoms with E-state index in [0.717, 1.165) is 0 Å². The van der Waals surface area contributed by atoms with Crippen LogP contribution in [-0.4, -0.2) is 57.8 Å². The SMILES string of the molecule is C[C@]12C=CC(=O)C=C1CC[C@H]1[C@@H]3C[C@H]4O[C@@H](c5cccc(NC(=O)c6ccc(N)cc6)c5)O[C@@]4(C(=O)CO)[C@@]3(C)C[C@H](O)[C@@]12F. The molecular weight excluding hydrogens is 579 g/mol. The van der Waals surface area contributed by atoms with Gasteiger partial charge in [0.25, 0.3) is 5.91 Å². The van der Waals surface area contributed by atoms with Gasteiger partial charge in [0, 0.05) is 39.2 Å². The van der Waals surface area contributed by atoms with E-state index in [1.54, 1.807) is 61.5 Å². The maximum absolute atomic E-state index is 17.6. The molecule has 1 aliphatic heterocycles. The van der Waals surface area contributed by atoms with Gasteiger partial charge in [-0.05, 0) is 87.1 Å². The number of aliphatic hydroxyl groups excluding tert-OH is 2. The molecule has 5 N–H and O–H groups in total. The van der Waals surface area contributed by atoms with E-state index in [1.165, 1.54) is 12.2 Å². The molecule has 236 valence electrons. The van der Waals surface area contributed by atoms with Crippen LogP contribution in [0.4, 0.5) is 15.8 Å². The number of rotatable bonds is 5. The highest BCUT2D eigenvalue weighted by molar-refractivity contribution is 6.04. The number of carbonyl (C=O) groups is 3. The molecular formula is C35H37FN2O7. The van der Waals surface area contributed by atoms with E-state index in [1.807, 2.05) is 6.92 Å². The van der Waals surface area contributed by atoms with E-state index in [0.29, 0.717) is 47.3 Å². The predicted molar refractivity (Wildman–Crippen MR) is 163 cm³/mol. The Labute approximate surface area is 260 Å². The highest BCUT2D eigenvalue weighted by Crippen LogP contribution is 2.72. The maximum atomic E-state index is 17.6. The number of carbonyl (C=O) groups excluding carboxylic acids is 3. The molecule has 1 heterocycles. The molecule has 0 bridgehead atoms. The van der Waals surface area contributed by atoms with Crippen LogP contribution >= 0.6 is 0 Å². The fraction of sp³-hybridized carbons (Fsp3) is 0.457. The van der Waals surface area contributed by atoms with Crippen molar-refractivity contribution in [2.45, 2.75) is 69.3 Å². The standard InChI is InChI=1S/C35H37FN2O7/c1-32-13-12-24(40)15-21(32)8-11-25-26-16-29-35(28(42)18-39,33(26,2)17-27(41)34(25,32)36)45-31(44-29)20-4-3-5-23(14-20)38-30(43)19-6-9-22(37)10-7-19/h3-7,9-10,12-15,25-27,29,31,39,41H,8,11,16-18,37H2,1-2H3,(H,38,43)/t25-,26-,27-,29+,31+,32-,33-,34-,35+/m0/s1. The number of ether oxygens (including phenoxy) is 2. The molecule has 5 aliphatic rings. The van der Waals surface area contributed by atoms with Gasteiger partial charge in [-0.3, -0.25) is 14.4 Å². The summed E-state index contributed by atoms with van der Waals surface area (Å²) < 4.78 is 30.6. The van der Waals surface area contributed by atoms with Gasteiger partial charge in [-0.25, -0.2) is 4.39 Å². The highest BCUT2D eigenvalue weighted by atomic mass is 19.1. The Morgan fingerprint density at radius 1 is 1.13 bits per heavy atom. The van der Waals surface area contributed by atoms with E-state index >= 15 is 4.39 Å². The Bertz CT molecular complexity index is 1660. The molecule has 4 fully saturated rings. The van der Waals surface area contributed by atoms with Crippen LogP contribution in [0.5, 0.6) is 0 Å². The zero-order valence-electron chi connectivity index (χ0n) is 25.2. The summed E-state index contributed by atoms with van der Waals surface area (Å²) in [4.78, 5) is 38.7. The molecule has 45 heavy (non-hydrogen) atoms. The molecule has 7 rings (SSSR count). The molecule has 0 spiro atoms. The molecule has 3 saturated carbocycles. The molecule has 2 aromatic rings. The van der Waals surface area contributed by atoms with E-state index < -0.39 is 64.8 Å². The molecule has 0 unspecified atom stereocenters. The second-order valence-corrected chi connectivity index (χ2v) is 13.6. The Hall–Kier alpha value is -3.70. The van der Waals surface area contributed by atoms with E-state index in [2.05, 4.69) is 5.32 Å². The number of nitrogen functional groups attached to an aromatic ring is 1. The summed E-state index contributed by atoms with van der Waals surface area (Å²) in [5.41, 5.74) is 2.49. The summed E-state index contributed by atoms with van der Waals surface area (Å²) in [6, 6.07) is 13.4. The number of alkyl halides is 1. The van der Waals surface area contributed by atoms with E-state index in [9.17, 15) is 24.6 Å². The number of fused-ring (bicyclic) bond motifs is 7. The molecule has 1 saturated heterocycles. The third-order valence-corrected chi connectivity index (χ3v) is 11.5. The number of aliphatic hydroxyl groups is 2. The summed E-state index contributed by atoms with van der Waals surface area (Å²) in [6.45, 7) is 2.78. The van der Waals surface area contributed by atoms with Crippen LogP contribution in [0.25, 0.3) is 0 Å². The van der Waals surface area contributed by atoms with Gasteiger partial charge >= 0.3 is 0 Å². The van der Waals surface area contributed by atoms with Gasteiger partial charge in [0.05, 0.1) is 12.2 Å². The van der Waals surface area contributed by atoms with Crippen molar-refractivity contribution in [2.75, 3.05) is 17.7 Å². The number of nitrogens with one attached hydrogen (secondary N) is 1. The number of anilines is 2. The lowest BCUT2D eigenvalue weighted by Gasteiger charge is -2.62. The summed E-state index contributed by atoms with van der Waals surface area (Å²) in [5, 5.41) is 24.8. The van der Waals surface area contributed by atoms with Crippen molar-refractivity contribution >= 4 is 28.8 Å². The topological polar surface area (TPSA) is 148 Å². The molecule has 0 aromatic heterocycles. The molecule has 0 radical (unpaired) electrons. The molecule has 9 nitrogen and oxygen atoms in total. The van der Waals surface area contributed by atoms with Gasteiger partial charge < -0.3 is 30.7 Å². The van der Waals surface area contributed by atoms with Crippen molar-refractivity contribution in [2.24, 2.45) is 22.7 Å². The zero-order valence-corrected chi connectivity index (χ0v) is 25.2. The Balaban J connectivity index is 1.20. The van der Waals surface area contributed by atoms with Crippen LogP contribution in [0, 0.1) is 22.7 Å². The molecule has 2 aromatic carbocycles. The summed E-state index contributed by atoms with van der Waals surface area (Å²) in [7, 11) is 0. The summed E-state index contributed by atoms with van der Waals surface area (Å²) in [6.07, 6.45) is 2.28. The smallest absolute Gasteiger partial charge is 0.255 e. The number of halogens is 1. The van der Waals surface area contributed by atoms with Crippen LogP contribution < -0.4 is 11.1 Å². The first-order valence-electron chi connectivity index (χ1n) is 15.4. The summed E-state index contributed by atoms with van der Waals surface area (Å²) in [5.74, 6) is -2.14.